The van der Waals surface area contributed by atoms with Crippen LogP contribution in [-0.4, -0.2) is 33.7 Å². The number of nitrogens with one attached hydrogen (secondary N) is 1. The Kier molecular flexibility index (Phi) is 3.92. The highest BCUT2D eigenvalue weighted by molar-refractivity contribution is 6.33. The van der Waals surface area contributed by atoms with E-state index < -0.39 is 11.8 Å². The van der Waals surface area contributed by atoms with Gasteiger partial charge in [-0.05, 0) is 50.2 Å². The maximum absolute atomic E-state index is 12.7. The first-order chi connectivity index (χ1) is 13.0. The van der Waals surface area contributed by atoms with Crippen molar-refractivity contribution in [3.8, 4) is 0 Å². The number of benzene rings is 2. The molecule has 134 valence electrons. The first kappa shape index (κ1) is 16.8. The third-order valence-electron chi connectivity index (χ3n) is 4.19. The summed E-state index contributed by atoms with van der Waals surface area (Å²) in [6, 6.07) is 13.4. The molecule has 0 radical (unpaired) electrons. The van der Waals surface area contributed by atoms with Crippen LogP contribution in [0.5, 0.6) is 0 Å². The molecule has 1 N–H and O–H groups in total. The van der Waals surface area contributed by atoms with Crippen LogP contribution in [-0.2, 0) is 0 Å². The molecule has 0 aliphatic carbocycles. The zero-order valence-electron chi connectivity index (χ0n) is 14.8. The zero-order chi connectivity index (χ0) is 19.1. The van der Waals surface area contributed by atoms with Gasteiger partial charge in [0.2, 0.25) is 0 Å². The molecule has 7 nitrogen and oxygen atoms in total. The molecule has 3 amide bonds. The van der Waals surface area contributed by atoms with Gasteiger partial charge in [-0.25, -0.2) is 14.9 Å². The van der Waals surface area contributed by atoms with Crippen LogP contribution in [0.2, 0.25) is 0 Å². The maximum atomic E-state index is 12.7. The number of imide groups is 1. The van der Waals surface area contributed by atoms with Crippen molar-refractivity contribution >= 4 is 34.4 Å². The number of carbonyl (C=O) groups excluding carboxylic acids is 3. The lowest BCUT2D eigenvalue weighted by atomic mass is 10.1. The Hall–Kier alpha value is -3.61. The number of amides is 3. The maximum Gasteiger partial charge on any atom is 0.286 e. The summed E-state index contributed by atoms with van der Waals surface area (Å²) in [6.07, 6.45) is 0. The monoisotopic (exact) mass is 360 g/mol. The minimum atomic E-state index is -0.521. The number of hydrogen-bond donors (Lipinski definition) is 1. The van der Waals surface area contributed by atoms with Crippen LogP contribution in [0.25, 0.3) is 11.0 Å². The molecule has 2 heterocycles. The molecule has 0 spiro atoms. The fourth-order valence-corrected chi connectivity index (χ4v) is 2.94. The lowest BCUT2D eigenvalue weighted by Gasteiger charge is -2.14. The summed E-state index contributed by atoms with van der Waals surface area (Å²) in [5.74, 6) is -1.26. The first-order valence-corrected chi connectivity index (χ1v) is 8.52. The van der Waals surface area contributed by atoms with Crippen molar-refractivity contribution in [3.63, 3.8) is 0 Å². The molecule has 4 rings (SSSR count). The van der Waals surface area contributed by atoms with E-state index in [0.29, 0.717) is 22.3 Å². The second-order valence-electron chi connectivity index (χ2n) is 6.53. The van der Waals surface area contributed by atoms with Gasteiger partial charge in [-0.2, -0.15) is 0 Å². The fraction of sp³-hybridized carbons (Fsp3) is 0.150. The van der Waals surface area contributed by atoms with Crippen molar-refractivity contribution < 1.29 is 14.4 Å². The molecule has 7 heteroatoms. The predicted molar refractivity (Wildman–Crippen MR) is 99.7 cm³/mol. The summed E-state index contributed by atoms with van der Waals surface area (Å²) in [6.45, 7) is 3.74. The van der Waals surface area contributed by atoms with Gasteiger partial charge >= 0.3 is 0 Å². The summed E-state index contributed by atoms with van der Waals surface area (Å²) in [5.41, 5.74) is 2.02. The molecule has 0 unspecified atom stereocenters. The molecular weight excluding hydrogens is 344 g/mol. The summed E-state index contributed by atoms with van der Waals surface area (Å²) < 4.78 is 0. The molecule has 0 saturated carbocycles. The first-order valence-electron chi connectivity index (χ1n) is 8.52. The quantitative estimate of drug-likeness (QED) is 0.725. The van der Waals surface area contributed by atoms with Crippen molar-refractivity contribution in [2.45, 2.75) is 19.9 Å². The molecule has 2 aromatic carbocycles. The van der Waals surface area contributed by atoms with Crippen LogP contribution in [0.1, 0.15) is 45.2 Å². The Bertz CT molecular complexity index is 1040. The van der Waals surface area contributed by atoms with Crippen molar-refractivity contribution in [2.24, 2.45) is 0 Å². The molecule has 0 saturated heterocycles. The standard InChI is InChI=1S/C20H16N4O3/c1-11(2)21-18(25)12-7-9-13(10-8-12)24-19(26)16-17(20(24)27)23-15-6-4-3-5-14(15)22-16/h3-11H,1-2H3,(H,21,25). The van der Waals surface area contributed by atoms with Gasteiger partial charge in [0.25, 0.3) is 17.7 Å². The van der Waals surface area contributed by atoms with Crippen molar-refractivity contribution in [3.05, 3.63) is 65.5 Å². The molecule has 27 heavy (non-hydrogen) atoms. The van der Waals surface area contributed by atoms with E-state index in [4.69, 9.17) is 0 Å². The predicted octanol–water partition coefficient (Wildman–Crippen LogP) is 2.57. The highest BCUT2D eigenvalue weighted by Gasteiger charge is 2.40. The minimum Gasteiger partial charge on any atom is -0.350 e. The van der Waals surface area contributed by atoms with Crippen LogP contribution in [0, 0.1) is 0 Å². The molecule has 1 aliphatic heterocycles. The number of aromatic nitrogens is 2. The van der Waals surface area contributed by atoms with Gasteiger partial charge in [-0.15, -0.1) is 0 Å². The highest BCUT2D eigenvalue weighted by Crippen LogP contribution is 2.28. The number of hydrogen-bond acceptors (Lipinski definition) is 5. The molecule has 0 bridgehead atoms. The number of carbonyl (C=O) groups is 3. The summed E-state index contributed by atoms with van der Waals surface area (Å²) >= 11 is 0. The van der Waals surface area contributed by atoms with Crippen LogP contribution in [0.3, 0.4) is 0 Å². The van der Waals surface area contributed by atoms with Crippen molar-refractivity contribution in [2.75, 3.05) is 4.90 Å². The third-order valence-corrected chi connectivity index (χ3v) is 4.19. The molecule has 0 atom stereocenters. The van der Waals surface area contributed by atoms with E-state index >= 15 is 0 Å². The summed E-state index contributed by atoms with van der Waals surface area (Å²) in [7, 11) is 0. The Morgan fingerprint density at radius 3 is 1.89 bits per heavy atom. The van der Waals surface area contributed by atoms with Crippen LogP contribution < -0.4 is 10.2 Å². The van der Waals surface area contributed by atoms with Gasteiger partial charge in [0, 0.05) is 11.6 Å². The van der Waals surface area contributed by atoms with Gasteiger partial charge in [0.1, 0.15) is 0 Å². The largest absolute Gasteiger partial charge is 0.350 e. The summed E-state index contributed by atoms with van der Waals surface area (Å²) in [4.78, 5) is 47.2. The van der Waals surface area contributed by atoms with E-state index in [0.717, 1.165) is 4.90 Å². The van der Waals surface area contributed by atoms with Crippen LogP contribution in [0.4, 0.5) is 5.69 Å². The molecule has 1 aromatic heterocycles. The average molecular weight is 360 g/mol. The Balaban J connectivity index is 1.68. The van der Waals surface area contributed by atoms with Crippen molar-refractivity contribution in [1.29, 1.82) is 0 Å². The lowest BCUT2D eigenvalue weighted by molar-refractivity contribution is 0.0919. The van der Waals surface area contributed by atoms with Gasteiger partial charge in [0.05, 0.1) is 16.7 Å². The number of rotatable bonds is 3. The number of anilines is 1. The Morgan fingerprint density at radius 2 is 1.41 bits per heavy atom. The second-order valence-corrected chi connectivity index (χ2v) is 6.53. The van der Waals surface area contributed by atoms with Crippen LogP contribution in [0.15, 0.2) is 48.5 Å². The molecule has 0 fully saturated rings. The SMILES string of the molecule is CC(C)NC(=O)c1ccc(N2C(=O)c3nc4ccccc4nc3C2=O)cc1. The van der Waals surface area contributed by atoms with E-state index in [1.54, 1.807) is 48.5 Å². The summed E-state index contributed by atoms with van der Waals surface area (Å²) in [5, 5.41) is 2.79. The van der Waals surface area contributed by atoms with Gasteiger partial charge in [-0.1, -0.05) is 12.1 Å². The third kappa shape index (κ3) is 2.83. The Labute approximate surface area is 155 Å². The second kappa shape index (κ2) is 6.28. The number of fused-ring (bicyclic) bond motifs is 2. The Morgan fingerprint density at radius 1 is 0.889 bits per heavy atom. The zero-order valence-corrected chi connectivity index (χ0v) is 14.8. The topological polar surface area (TPSA) is 92.3 Å². The van der Waals surface area contributed by atoms with Gasteiger partial charge in [-0.3, -0.25) is 14.4 Å². The van der Waals surface area contributed by atoms with Crippen molar-refractivity contribution in [1.82, 2.24) is 15.3 Å². The molecule has 3 aromatic rings. The number of nitrogens with zero attached hydrogens (tertiary/aromatic N) is 3. The highest BCUT2D eigenvalue weighted by atomic mass is 16.2. The van der Waals surface area contributed by atoms with Gasteiger partial charge < -0.3 is 5.32 Å². The molecular formula is C20H16N4O3. The average Bonchev–Trinajstić information content (AvgIpc) is 2.90. The van der Waals surface area contributed by atoms with E-state index in [1.165, 1.54) is 0 Å². The normalized spacial score (nSPS) is 13.4. The van der Waals surface area contributed by atoms with Crippen LogP contribution >= 0.6 is 0 Å². The fourth-order valence-electron chi connectivity index (χ4n) is 2.94. The van der Waals surface area contributed by atoms with E-state index in [1.807, 2.05) is 13.8 Å². The lowest BCUT2D eigenvalue weighted by Crippen LogP contribution is -2.31. The van der Waals surface area contributed by atoms with E-state index in [2.05, 4.69) is 15.3 Å². The molecule has 1 aliphatic rings. The smallest absolute Gasteiger partial charge is 0.286 e. The van der Waals surface area contributed by atoms with E-state index in [-0.39, 0.29) is 23.3 Å². The minimum absolute atomic E-state index is 0.0136. The van der Waals surface area contributed by atoms with E-state index in [9.17, 15) is 14.4 Å². The van der Waals surface area contributed by atoms with Gasteiger partial charge in [0.15, 0.2) is 11.4 Å². The number of para-hydroxylation sites is 2.